The fraction of sp³-hybridized carbons (Fsp3) is 0. The molecule has 0 N–H and O–H groups in total. The van der Waals surface area contributed by atoms with Crippen molar-refractivity contribution in [1.82, 2.24) is 0 Å². The van der Waals surface area contributed by atoms with Gasteiger partial charge >= 0.3 is 51.4 Å². The molecule has 0 fully saturated rings. The van der Waals surface area contributed by atoms with Crippen LogP contribution in [0.5, 0.6) is 5.75 Å². The normalized spacial score (nSPS) is 11.7. The molecule has 1 rings (SSSR count). The summed E-state index contributed by atoms with van der Waals surface area (Å²) in [6, 6.07) is 2.52. The molecule has 72 valence electrons. The molecule has 0 amide bonds. The predicted molar refractivity (Wildman–Crippen MR) is 51.0 cm³/mol. The second-order valence-electron chi connectivity index (χ2n) is 1.98. The molecule has 1 atom stereocenters. The molecule has 0 spiro atoms. The zero-order valence-electron chi connectivity index (χ0n) is 6.92. The Morgan fingerprint density at radius 2 is 1.64 bits per heavy atom. The third-order valence-corrected chi connectivity index (χ3v) is 2.47. The van der Waals surface area contributed by atoms with Crippen molar-refractivity contribution >= 4 is 46.2 Å². The number of hydrogen-bond acceptors (Lipinski definition) is 3. The van der Waals surface area contributed by atoms with Crippen LogP contribution in [0.15, 0.2) is 12.1 Å². The van der Waals surface area contributed by atoms with Crippen LogP contribution in [-0.2, 0) is 11.4 Å². The van der Waals surface area contributed by atoms with E-state index >= 15 is 0 Å². The molecule has 14 heavy (non-hydrogen) atoms. The molecule has 0 aromatic heterocycles. The van der Waals surface area contributed by atoms with Crippen molar-refractivity contribution in [2.75, 3.05) is 0 Å². The first-order valence-corrected chi connectivity index (χ1v) is 5.06. The summed E-state index contributed by atoms with van der Waals surface area (Å²) in [4.78, 5) is 0. The number of halogens is 3. The van der Waals surface area contributed by atoms with Crippen molar-refractivity contribution < 1.29 is 64.3 Å². The minimum absolute atomic E-state index is 0. The average molecular weight is 300 g/mol. The summed E-state index contributed by atoms with van der Waals surface area (Å²) in [7, 11) is 0. The Morgan fingerprint density at radius 3 is 2.14 bits per heavy atom. The zero-order valence-corrected chi connectivity index (χ0v) is 13.1. The maximum Gasteiger partial charge on any atom is 1.00 e. The van der Waals surface area contributed by atoms with E-state index in [1.807, 2.05) is 0 Å². The van der Waals surface area contributed by atoms with Gasteiger partial charge in [-0.3, -0.25) is 0 Å². The van der Waals surface area contributed by atoms with Gasteiger partial charge in [-0.15, -0.1) is 0 Å². The van der Waals surface area contributed by atoms with E-state index in [4.69, 9.17) is 34.8 Å². The SMILES string of the molecule is O=S([O-])Oc1cc(Cl)c(Cl)cc1Cl.[K+]. The molecule has 8 heteroatoms. The van der Waals surface area contributed by atoms with E-state index < -0.39 is 11.4 Å². The maximum atomic E-state index is 10.2. The molecule has 3 nitrogen and oxygen atoms in total. The topological polar surface area (TPSA) is 49.4 Å². The van der Waals surface area contributed by atoms with Crippen LogP contribution in [0.25, 0.3) is 0 Å². The first kappa shape index (κ1) is 15.6. The maximum absolute atomic E-state index is 10.2. The van der Waals surface area contributed by atoms with Gasteiger partial charge in [-0.1, -0.05) is 34.8 Å². The van der Waals surface area contributed by atoms with E-state index in [0.29, 0.717) is 0 Å². The summed E-state index contributed by atoms with van der Waals surface area (Å²) >= 11 is 14.1. The van der Waals surface area contributed by atoms with E-state index in [1.54, 1.807) is 0 Å². The Bertz CT molecular complexity index is 360. The number of benzene rings is 1. The van der Waals surface area contributed by atoms with Gasteiger partial charge in [0.2, 0.25) is 0 Å². The van der Waals surface area contributed by atoms with E-state index in [2.05, 4.69) is 4.18 Å². The number of rotatable bonds is 2. The fourth-order valence-corrected chi connectivity index (χ4v) is 1.55. The molecule has 1 aromatic rings. The Hall–Kier alpha value is 1.64. The van der Waals surface area contributed by atoms with Gasteiger partial charge in [-0.25, -0.2) is 4.21 Å². The standard InChI is InChI=1S/C6H3Cl3O3S.K/c7-3-1-5(9)6(2-4(3)8)12-13(10)11;/h1-2H,(H,10,11);/q;+1/p-1. The van der Waals surface area contributed by atoms with Crippen molar-refractivity contribution in [3.8, 4) is 5.75 Å². The Morgan fingerprint density at radius 1 is 1.14 bits per heavy atom. The van der Waals surface area contributed by atoms with Gasteiger partial charge < -0.3 is 8.74 Å². The first-order valence-electron chi connectivity index (χ1n) is 2.93. The van der Waals surface area contributed by atoms with Crippen LogP contribution in [0, 0.1) is 0 Å². The van der Waals surface area contributed by atoms with Crippen molar-refractivity contribution in [3.05, 3.63) is 27.2 Å². The van der Waals surface area contributed by atoms with Crippen molar-refractivity contribution in [2.45, 2.75) is 0 Å². The first-order chi connectivity index (χ1) is 6.00. The second kappa shape index (κ2) is 7.06. The molecule has 0 aliphatic carbocycles. The Labute approximate surface area is 141 Å². The second-order valence-corrected chi connectivity index (χ2v) is 3.78. The smallest absolute Gasteiger partial charge is 0.740 e. The minimum atomic E-state index is -2.68. The van der Waals surface area contributed by atoms with Gasteiger partial charge in [0, 0.05) is 6.07 Å². The quantitative estimate of drug-likeness (QED) is 0.433. The van der Waals surface area contributed by atoms with Crippen LogP contribution in [0.3, 0.4) is 0 Å². The van der Waals surface area contributed by atoms with Gasteiger partial charge in [-0.2, -0.15) is 0 Å². The molecular formula is C6H2Cl3KO3S. The average Bonchev–Trinajstić information content (AvgIpc) is 1.99. The van der Waals surface area contributed by atoms with Crippen LogP contribution in [0.1, 0.15) is 0 Å². The zero-order chi connectivity index (χ0) is 10.0. The van der Waals surface area contributed by atoms with Gasteiger partial charge in [0.1, 0.15) is 11.4 Å². The van der Waals surface area contributed by atoms with Crippen LogP contribution >= 0.6 is 34.8 Å². The summed E-state index contributed by atoms with van der Waals surface area (Å²) in [5, 5.41) is 0.487. The third kappa shape index (κ3) is 4.65. The minimum Gasteiger partial charge on any atom is -0.740 e. The van der Waals surface area contributed by atoms with Crippen molar-refractivity contribution in [3.63, 3.8) is 0 Å². The largest absolute Gasteiger partial charge is 1.00 e. The van der Waals surface area contributed by atoms with Gasteiger partial charge in [0.15, 0.2) is 5.75 Å². The molecule has 0 radical (unpaired) electrons. The number of hydrogen-bond donors (Lipinski definition) is 0. The van der Waals surface area contributed by atoms with Crippen LogP contribution in [0.2, 0.25) is 15.1 Å². The molecule has 0 aliphatic heterocycles. The molecule has 0 saturated carbocycles. The van der Waals surface area contributed by atoms with Crippen LogP contribution in [-0.4, -0.2) is 8.76 Å². The summed E-state index contributed by atoms with van der Waals surface area (Å²) in [6.07, 6.45) is 0. The Kier molecular flexibility index (Phi) is 7.88. The van der Waals surface area contributed by atoms with Gasteiger partial charge in [-0.05, 0) is 6.07 Å². The molecule has 0 bridgehead atoms. The Balaban J connectivity index is 0.00000169. The molecule has 0 saturated heterocycles. The molecule has 0 heterocycles. The molecular weight excluding hydrogens is 298 g/mol. The summed E-state index contributed by atoms with van der Waals surface area (Å²) < 4.78 is 24.6. The summed E-state index contributed by atoms with van der Waals surface area (Å²) in [5.41, 5.74) is 0. The van der Waals surface area contributed by atoms with Crippen LogP contribution in [0.4, 0.5) is 0 Å². The van der Waals surface area contributed by atoms with Gasteiger partial charge in [0.05, 0.1) is 15.1 Å². The van der Waals surface area contributed by atoms with Crippen molar-refractivity contribution in [2.24, 2.45) is 0 Å². The monoisotopic (exact) mass is 298 g/mol. The van der Waals surface area contributed by atoms with E-state index in [9.17, 15) is 8.76 Å². The summed E-state index contributed by atoms with van der Waals surface area (Å²) in [6.45, 7) is 0. The van der Waals surface area contributed by atoms with Crippen molar-refractivity contribution in [1.29, 1.82) is 0 Å². The molecule has 1 unspecified atom stereocenters. The van der Waals surface area contributed by atoms with E-state index in [0.717, 1.165) is 0 Å². The van der Waals surface area contributed by atoms with Crippen LogP contribution < -0.4 is 55.6 Å². The van der Waals surface area contributed by atoms with E-state index in [-0.39, 0.29) is 72.2 Å². The van der Waals surface area contributed by atoms with Gasteiger partial charge in [0.25, 0.3) is 0 Å². The fourth-order valence-electron chi connectivity index (χ4n) is 0.641. The summed E-state index contributed by atoms with van der Waals surface area (Å²) in [5.74, 6) is -0.0515. The van der Waals surface area contributed by atoms with E-state index in [1.165, 1.54) is 12.1 Å². The molecule has 0 aliphatic rings. The third-order valence-electron chi connectivity index (χ3n) is 1.13. The molecule has 1 aromatic carbocycles. The predicted octanol–water partition coefficient (Wildman–Crippen LogP) is -0.176.